The standard InChI is InChI=1S/C20H30N4O2/c1-15(25)10-20(2,3)13-22-19(26)18(21)9-17-12-24(14-23-17)11-16-7-5-4-6-8-16/h4-8,12,14-15,18,25H,9-11,13,21H2,1-3H3,(H,22,26)/t15?,18-/m0/s1. The molecule has 6 heteroatoms. The zero-order valence-electron chi connectivity index (χ0n) is 15.9. The van der Waals surface area contributed by atoms with Crippen LogP contribution in [0.15, 0.2) is 42.9 Å². The Labute approximate surface area is 155 Å². The molecule has 2 atom stereocenters. The zero-order chi connectivity index (χ0) is 19.2. The molecular weight excluding hydrogens is 328 g/mol. The summed E-state index contributed by atoms with van der Waals surface area (Å²) >= 11 is 0. The second kappa shape index (κ2) is 8.96. The van der Waals surface area contributed by atoms with E-state index in [1.165, 1.54) is 5.56 Å². The highest BCUT2D eigenvalue weighted by atomic mass is 16.3. The quantitative estimate of drug-likeness (QED) is 0.636. The number of carbonyl (C=O) groups is 1. The third kappa shape index (κ3) is 6.61. The minimum atomic E-state index is -0.641. The van der Waals surface area contributed by atoms with E-state index in [0.717, 1.165) is 12.2 Å². The number of aliphatic hydroxyl groups excluding tert-OH is 1. The van der Waals surface area contributed by atoms with E-state index < -0.39 is 12.1 Å². The molecule has 26 heavy (non-hydrogen) atoms. The Morgan fingerprint density at radius 2 is 2.04 bits per heavy atom. The SMILES string of the molecule is CC(O)CC(C)(C)CNC(=O)[C@@H](N)Cc1cn(Cc2ccccc2)cn1. The Morgan fingerprint density at radius 1 is 1.35 bits per heavy atom. The fourth-order valence-corrected chi connectivity index (χ4v) is 3.04. The van der Waals surface area contributed by atoms with Gasteiger partial charge in [0.15, 0.2) is 0 Å². The number of nitrogens with zero attached hydrogens (tertiary/aromatic N) is 2. The van der Waals surface area contributed by atoms with E-state index in [-0.39, 0.29) is 11.3 Å². The van der Waals surface area contributed by atoms with E-state index in [1.54, 1.807) is 13.3 Å². The number of amides is 1. The Kier molecular flexibility index (Phi) is 6.94. The van der Waals surface area contributed by atoms with Gasteiger partial charge in [0.25, 0.3) is 0 Å². The molecule has 0 radical (unpaired) electrons. The molecule has 1 aromatic heterocycles. The maximum atomic E-state index is 12.2. The van der Waals surface area contributed by atoms with Gasteiger partial charge in [0.1, 0.15) is 0 Å². The summed E-state index contributed by atoms with van der Waals surface area (Å²) in [5.74, 6) is -0.193. The molecule has 1 aromatic carbocycles. The van der Waals surface area contributed by atoms with Crippen LogP contribution >= 0.6 is 0 Å². The molecule has 0 aliphatic carbocycles. The van der Waals surface area contributed by atoms with Crippen molar-refractivity contribution in [3.8, 4) is 0 Å². The van der Waals surface area contributed by atoms with Crippen LogP contribution in [0.4, 0.5) is 0 Å². The van der Waals surface area contributed by atoms with E-state index in [4.69, 9.17) is 5.73 Å². The molecule has 0 saturated carbocycles. The molecule has 1 amide bonds. The van der Waals surface area contributed by atoms with Crippen molar-refractivity contribution in [2.75, 3.05) is 6.54 Å². The highest BCUT2D eigenvalue weighted by Gasteiger charge is 2.23. The summed E-state index contributed by atoms with van der Waals surface area (Å²) in [4.78, 5) is 16.6. The summed E-state index contributed by atoms with van der Waals surface area (Å²) in [5, 5.41) is 12.4. The number of nitrogens with two attached hydrogens (primary N) is 1. The van der Waals surface area contributed by atoms with Crippen molar-refractivity contribution in [1.82, 2.24) is 14.9 Å². The van der Waals surface area contributed by atoms with Crippen LogP contribution < -0.4 is 11.1 Å². The number of benzene rings is 1. The van der Waals surface area contributed by atoms with Gasteiger partial charge in [-0.1, -0.05) is 44.2 Å². The number of imidazole rings is 1. The van der Waals surface area contributed by atoms with Crippen LogP contribution in [-0.2, 0) is 17.8 Å². The van der Waals surface area contributed by atoms with Crippen LogP contribution in [0.5, 0.6) is 0 Å². The summed E-state index contributed by atoms with van der Waals surface area (Å²) in [6.07, 6.45) is 4.30. The normalized spacial score (nSPS) is 14.0. The Bertz CT molecular complexity index is 695. The van der Waals surface area contributed by atoms with Crippen LogP contribution in [0, 0.1) is 5.41 Å². The lowest BCUT2D eigenvalue weighted by Gasteiger charge is -2.27. The number of rotatable bonds is 9. The summed E-state index contributed by atoms with van der Waals surface area (Å²) in [6, 6.07) is 9.49. The molecule has 1 heterocycles. The first-order chi connectivity index (χ1) is 12.2. The fourth-order valence-electron chi connectivity index (χ4n) is 3.04. The van der Waals surface area contributed by atoms with Crippen molar-refractivity contribution in [1.29, 1.82) is 0 Å². The molecular formula is C20H30N4O2. The molecule has 142 valence electrons. The second-order valence-corrected chi connectivity index (χ2v) is 7.77. The number of nitrogens with one attached hydrogen (secondary N) is 1. The third-order valence-electron chi connectivity index (χ3n) is 4.25. The maximum Gasteiger partial charge on any atom is 0.237 e. The van der Waals surface area contributed by atoms with Crippen LogP contribution in [0.3, 0.4) is 0 Å². The molecule has 0 aliphatic rings. The van der Waals surface area contributed by atoms with Crippen LogP contribution in [0.1, 0.15) is 38.4 Å². The molecule has 4 N–H and O–H groups in total. The van der Waals surface area contributed by atoms with Gasteiger partial charge in [0, 0.05) is 25.7 Å². The first kappa shape index (κ1) is 20.1. The highest BCUT2D eigenvalue weighted by molar-refractivity contribution is 5.81. The van der Waals surface area contributed by atoms with Crippen molar-refractivity contribution in [2.24, 2.45) is 11.1 Å². The predicted molar refractivity (Wildman–Crippen MR) is 103 cm³/mol. The van der Waals surface area contributed by atoms with Crippen molar-refractivity contribution < 1.29 is 9.90 Å². The maximum absolute atomic E-state index is 12.2. The van der Waals surface area contributed by atoms with Gasteiger partial charge in [-0.25, -0.2) is 4.98 Å². The summed E-state index contributed by atoms with van der Waals surface area (Å²) in [6.45, 7) is 6.99. The van der Waals surface area contributed by atoms with E-state index in [2.05, 4.69) is 22.4 Å². The van der Waals surface area contributed by atoms with Gasteiger partial charge in [-0.05, 0) is 24.3 Å². The minimum absolute atomic E-state index is 0.180. The first-order valence-electron chi connectivity index (χ1n) is 9.01. The van der Waals surface area contributed by atoms with Gasteiger partial charge in [0.2, 0.25) is 5.91 Å². The Hall–Kier alpha value is -2.18. The van der Waals surface area contributed by atoms with Gasteiger partial charge in [0.05, 0.1) is 24.2 Å². The van der Waals surface area contributed by atoms with Gasteiger partial charge >= 0.3 is 0 Å². The number of hydrogen-bond donors (Lipinski definition) is 3. The smallest absolute Gasteiger partial charge is 0.237 e. The molecule has 2 aromatic rings. The van der Waals surface area contributed by atoms with Gasteiger partial charge in [-0.2, -0.15) is 0 Å². The zero-order valence-corrected chi connectivity index (χ0v) is 15.9. The Balaban J connectivity index is 1.83. The molecule has 0 fully saturated rings. The molecule has 0 aliphatic heterocycles. The lowest BCUT2D eigenvalue weighted by molar-refractivity contribution is -0.122. The largest absolute Gasteiger partial charge is 0.393 e. The number of hydrogen-bond acceptors (Lipinski definition) is 4. The molecule has 0 bridgehead atoms. The monoisotopic (exact) mass is 358 g/mol. The lowest BCUT2D eigenvalue weighted by Crippen LogP contribution is -2.45. The molecule has 0 spiro atoms. The van der Waals surface area contributed by atoms with Crippen LogP contribution in [-0.4, -0.2) is 39.3 Å². The fraction of sp³-hybridized carbons (Fsp3) is 0.500. The molecule has 2 rings (SSSR count). The van der Waals surface area contributed by atoms with Crippen molar-refractivity contribution in [3.63, 3.8) is 0 Å². The average Bonchev–Trinajstić information content (AvgIpc) is 2.99. The molecule has 0 saturated heterocycles. The number of aliphatic hydroxyl groups is 1. The second-order valence-electron chi connectivity index (χ2n) is 7.77. The molecule has 6 nitrogen and oxygen atoms in total. The van der Waals surface area contributed by atoms with Crippen LogP contribution in [0.2, 0.25) is 0 Å². The average molecular weight is 358 g/mol. The number of aromatic nitrogens is 2. The minimum Gasteiger partial charge on any atom is -0.393 e. The molecule has 1 unspecified atom stereocenters. The van der Waals surface area contributed by atoms with Gasteiger partial charge in [-0.3, -0.25) is 4.79 Å². The Morgan fingerprint density at radius 3 is 2.69 bits per heavy atom. The topological polar surface area (TPSA) is 93.2 Å². The van der Waals surface area contributed by atoms with Crippen molar-refractivity contribution >= 4 is 5.91 Å². The van der Waals surface area contributed by atoms with Gasteiger partial charge < -0.3 is 20.7 Å². The summed E-state index contributed by atoms with van der Waals surface area (Å²) in [7, 11) is 0. The van der Waals surface area contributed by atoms with Gasteiger partial charge in [-0.15, -0.1) is 0 Å². The van der Waals surface area contributed by atoms with E-state index >= 15 is 0 Å². The highest BCUT2D eigenvalue weighted by Crippen LogP contribution is 2.21. The third-order valence-corrected chi connectivity index (χ3v) is 4.25. The summed E-state index contributed by atoms with van der Waals surface area (Å²) < 4.78 is 1.99. The van der Waals surface area contributed by atoms with E-state index in [9.17, 15) is 9.90 Å². The summed E-state index contributed by atoms with van der Waals surface area (Å²) in [5.41, 5.74) is 7.84. The van der Waals surface area contributed by atoms with Crippen molar-refractivity contribution in [2.45, 2.75) is 52.3 Å². The van der Waals surface area contributed by atoms with Crippen molar-refractivity contribution in [3.05, 3.63) is 54.1 Å². The van der Waals surface area contributed by atoms with Crippen LogP contribution in [0.25, 0.3) is 0 Å². The first-order valence-corrected chi connectivity index (χ1v) is 9.01. The lowest BCUT2D eigenvalue weighted by atomic mass is 9.87. The van der Waals surface area contributed by atoms with E-state index in [0.29, 0.717) is 19.4 Å². The van der Waals surface area contributed by atoms with E-state index in [1.807, 2.05) is 42.8 Å². The number of carbonyl (C=O) groups excluding carboxylic acids is 1. The predicted octanol–water partition coefficient (Wildman–Crippen LogP) is 1.71.